The molecule has 1 amide bonds. The second kappa shape index (κ2) is 6.52. The lowest BCUT2D eigenvalue weighted by Crippen LogP contribution is -2.25. The number of aromatic nitrogens is 1. The average molecular weight is 310 g/mol. The zero-order chi connectivity index (χ0) is 16.2. The molecule has 23 heavy (non-hydrogen) atoms. The number of furan rings is 1. The van der Waals surface area contributed by atoms with Crippen LogP contribution >= 0.6 is 0 Å². The van der Waals surface area contributed by atoms with Crippen molar-refractivity contribution in [1.82, 2.24) is 10.3 Å². The third-order valence-electron chi connectivity index (χ3n) is 3.63. The van der Waals surface area contributed by atoms with E-state index >= 15 is 0 Å². The van der Waals surface area contributed by atoms with Gasteiger partial charge in [-0.2, -0.15) is 0 Å². The maximum Gasteiger partial charge on any atom is 0.224 e. The Hall–Kier alpha value is -2.82. The lowest BCUT2D eigenvalue weighted by Gasteiger charge is -2.05. The van der Waals surface area contributed by atoms with E-state index in [2.05, 4.69) is 10.3 Å². The Morgan fingerprint density at radius 2 is 2.17 bits per heavy atom. The van der Waals surface area contributed by atoms with Crippen molar-refractivity contribution >= 4 is 16.9 Å². The van der Waals surface area contributed by atoms with E-state index in [1.54, 1.807) is 13.4 Å². The number of ether oxygens (including phenoxy) is 1. The fraction of sp³-hybridized carbons (Fsp3) is 0.222. The van der Waals surface area contributed by atoms with E-state index < -0.39 is 0 Å². The predicted molar refractivity (Wildman–Crippen MR) is 87.3 cm³/mol. The zero-order valence-electron chi connectivity index (χ0n) is 13.1. The summed E-state index contributed by atoms with van der Waals surface area (Å²) in [5.41, 5.74) is 3.36. The van der Waals surface area contributed by atoms with Crippen molar-refractivity contribution in [3.05, 3.63) is 59.6 Å². The number of nitrogens with one attached hydrogen (secondary N) is 1. The van der Waals surface area contributed by atoms with Crippen LogP contribution in [0.1, 0.15) is 17.0 Å². The molecule has 0 aliphatic rings. The van der Waals surface area contributed by atoms with Gasteiger partial charge in [0.1, 0.15) is 11.3 Å². The minimum absolute atomic E-state index is 0.0631. The predicted octanol–water partition coefficient (Wildman–Crippen LogP) is 3.00. The first-order valence-electron chi connectivity index (χ1n) is 7.39. The molecule has 0 radical (unpaired) electrons. The second-order valence-corrected chi connectivity index (χ2v) is 5.35. The molecule has 2 heterocycles. The Bertz CT molecular complexity index is 839. The van der Waals surface area contributed by atoms with Crippen molar-refractivity contribution in [2.75, 3.05) is 7.11 Å². The van der Waals surface area contributed by atoms with E-state index in [1.165, 1.54) is 0 Å². The second-order valence-electron chi connectivity index (χ2n) is 5.35. The van der Waals surface area contributed by atoms with Crippen molar-refractivity contribution in [1.29, 1.82) is 0 Å². The average Bonchev–Trinajstić information content (AvgIpc) is 2.95. The Balaban J connectivity index is 1.66. The monoisotopic (exact) mass is 310 g/mol. The van der Waals surface area contributed by atoms with Gasteiger partial charge in [-0.3, -0.25) is 9.78 Å². The standard InChI is InChI=1S/C18H18N2O3/c1-12-4-3-5-14(20-12)10-19-18(21)8-13-11-23-17-9-15(22-2)6-7-16(13)17/h3-7,9,11H,8,10H2,1-2H3,(H,19,21). The largest absolute Gasteiger partial charge is 0.497 e. The van der Waals surface area contributed by atoms with Gasteiger partial charge < -0.3 is 14.5 Å². The number of hydrogen-bond donors (Lipinski definition) is 1. The molecule has 0 saturated carbocycles. The molecule has 0 atom stereocenters. The Morgan fingerprint density at radius 3 is 2.96 bits per heavy atom. The first kappa shape index (κ1) is 15.1. The third-order valence-corrected chi connectivity index (χ3v) is 3.63. The summed E-state index contributed by atoms with van der Waals surface area (Å²) in [5, 5.41) is 3.81. The molecule has 0 bridgehead atoms. The smallest absolute Gasteiger partial charge is 0.224 e. The molecule has 0 spiro atoms. The molecule has 0 unspecified atom stereocenters. The topological polar surface area (TPSA) is 64.4 Å². The molecule has 3 rings (SSSR count). The highest BCUT2D eigenvalue weighted by Gasteiger charge is 2.11. The van der Waals surface area contributed by atoms with Crippen LogP contribution in [0, 0.1) is 6.92 Å². The molecule has 5 nitrogen and oxygen atoms in total. The highest BCUT2D eigenvalue weighted by atomic mass is 16.5. The van der Waals surface area contributed by atoms with Crippen LogP contribution in [0.5, 0.6) is 5.75 Å². The van der Waals surface area contributed by atoms with Gasteiger partial charge in [0.05, 0.1) is 32.0 Å². The summed E-state index contributed by atoms with van der Waals surface area (Å²) in [4.78, 5) is 16.5. The minimum atomic E-state index is -0.0631. The number of aryl methyl sites for hydroxylation is 1. The summed E-state index contributed by atoms with van der Waals surface area (Å²) in [6, 6.07) is 11.3. The number of methoxy groups -OCH3 is 1. The molecule has 1 N–H and O–H groups in total. The Labute approximate surface area is 134 Å². The van der Waals surface area contributed by atoms with Crippen LogP contribution in [0.25, 0.3) is 11.0 Å². The molecule has 0 fully saturated rings. The summed E-state index contributed by atoms with van der Waals surface area (Å²) in [7, 11) is 1.61. The van der Waals surface area contributed by atoms with E-state index in [0.29, 0.717) is 12.1 Å². The van der Waals surface area contributed by atoms with E-state index in [4.69, 9.17) is 9.15 Å². The van der Waals surface area contributed by atoms with Crippen LogP contribution in [0.2, 0.25) is 0 Å². The summed E-state index contributed by atoms with van der Waals surface area (Å²) in [6.45, 7) is 2.35. The van der Waals surface area contributed by atoms with Gasteiger partial charge in [-0.15, -0.1) is 0 Å². The molecular weight excluding hydrogens is 292 g/mol. The van der Waals surface area contributed by atoms with Crippen LogP contribution < -0.4 is 10.1 Å². The summed E-state index contributed by atoms with van der Waals surface area (Å²) >= 11 is 0. The van der Waals surface area contributed by atoms with Gasteiger partial charge in [-0.05, 0) is 31.2 Å². The molecular formula is C18H18N2O3. The van der Waals surface area contributed by atoms with Gasteiger partial charge in [-0.1, -0.05) is 6.07 Å². The van der Waals surface area contributed by atoms with Crippen molar-refractivity contribution in [3.63, 3.8) is 0 Å². The van der Waals surface area contributed by atoms with Crippen molar-refractivity contribution in [2.45, 2.75) is 19.9 Å². The van der Waals surface area contributed by atoms with E-state index in [1.807, 2.05) is 43.3 Å². The maximum absolute atomic E-state index is 12.1. The molecule has 5 heteroatoms. The number of nitrogens with zero attached hydrogens (tertiary/aromatic N) is 1. The maximum atomic E-state index is 12.1. The summed E-state index contributed by atoms with van der Waals surface area (Å²) in [6.07, 6.45) is 1.89. The number of fused-ring (bicyclic) bond motifs is 1. The van der Waals surface area contributed by atoms with Crippen LogP contribution in [0.15, 0.2) is 47.1 Å². The number of hydrogen-bond acceptors (Lipinski definition) is 4. The van der Waals surface area contributed by atoms with E-state index in [0.717, 1.165) is 28.1 Å². The lowest BCUT2D eigenvalue weighted by molar-refractivity contribution is -0.120. The van der Waals surface area contributed by atoms with Crippen LogP contribution in [0.3, 0.4) is 0 Å². The molecule has 118 valence electrons. The van der Waals surface area contributed by atoms with Crippen molar-refractivity contribution in [3.8, 4) is 5.75 Å². The van der Waals surface area contributed by atoms with Crippen LogP contribution in [-0.2, 0) is 17.8 Å². The highest BCUT2D eigenvalue weighted by Crippen LogP contribution is 2.25. The molecule has 0 saturated heterocycles. The number of rotatable bonds is 5. The van der Waals surface area contributed by atoms with Crippen molar-refractivity contribution in [2.24, 2.45) is 0 Å². The highest BCUT2D eigenvalue weighted by molar-refractivity contribution is 5.88. The Morgan fingerprint density at radius 1 is 1.30 bits per heavy atom. The van der Waals surface area contributed by atoms with Gasteiger partial charge in [0.2, 0.25) is 5.91 Å². The number of benzene rings is 1. The molecule has 3 aromatic rings. The zero-order valence-corrected chi connectivity index (χ0v) is 13.1. The lowest BCUT2D eigenvalue weighted by atomic mass is 10.1. The van der Waals surface area contributed by atoms with Crippen molar-refractivity contribution < 1.29 is 13.9 Å². The number of carbonyl (C=O) groups is 1. The van der Waals surface area contributed by atoms with Crippen LogP contribution in [-0.4, -0.2) is 18.0 Å². The first-order chi connectivity index (χ1) is 11.2. The molecule has 0 aliphatic carbocycles. The van der Waals surface area contributed by atoms with E-state index in [9.17, 15) is 4.79 Å². The fourth-order valence-corrected chi connectivity index (χ4v) is 2.45. The van der Waals surface area contributed by atoms with Gasteiger partial charge in [0, 0.05) is 22.7 Å². The Kier molecular flexibility index (Phi) is 4.28. The number of amides is 1. The third kappa shape index (κ3) is 3.51. The number of carbonyl (C=O) groups excluding carboxylic acids is 1. The minimum Gasteiger partial charge on any atom is -0.497 e. The van der Waals surface area contributed by atoms with Gasteiger partial charge in [-0.25, -0.2) is 0 Å². The molecule has 0 aliphatic heterocycles. The SMILES string of the molecule is COc1ccc2c(CC(=O)NCc3cccc(C)n3)coc2c1. The van der Waals surface area contributed by atoms with Crippen LogP contribution in [0.4, 0.5) is 0 Å². The quantitative estimate of drug-likeness (QED) is 0.787. The van der Waals surface area contributed by atoms with Gasteiger partial charge in [0.15, 0.2) is 0 Å². The summed E-state index contributed by atoms with van der Waals surface area (Å²) in [5.74, 6) is 0.667. The molecule has 1 aromatic carbocycles. The van der Waals surface area contributed by atoms with Gasteiger partial charge in [0.25, 0.3) is 0 Å². The first-order valence-corrected chi connectivity index (χ1v) is 7.39. The molecule has 2 aromatic heterocycles. The summed E-state index contributed by atoms with van der Waals surface area (Å²) < 4.78 is 10.7. The normalized spacial score (nSPS) is 10.7. The van der Waals surface area contributed by atoms with E-state index in [-0.39, 0.29) is 12.3 Å². The van der Waals surface area contributed by atoms with Gasteiger partial charge >= 0.3 is 0 Å². The fourth-order valence-electron chi connectivity index (χ4n) is 2.45. The number of pyridine rings is 1.